The molecule has 1 aliphatic rings. The van der Waals surface area contributed by atoms with Gasteiger partial charge in [0, 0.05) is 33.9 Å². The van der Waals surface area contributed by atoms with Crippen molar-refractivity contribution in [3.05, 3.63) is 0 Å². The standard InChI is InChI=1S/C11H22N2O3/c1-15-11(16-2)9-12-8-10(14)13-6-4-3-5-7-13/h11-12H,3-9H2,1-2H3. The third-order valence-electron chi connectivity index (χ3n) is 2.82. The first-order chi connectivity index (χ1) is 7.77. The molecular weight excluding hydrogens is 208 g/mol. The second-order valence-corrected chi connectivity index (χ2v) is 3.97. The molecule has 1 heterocycles. The summed E-state index contributed by atoms with van der Waals surface area (Å²) in [4.78, 5) is 13.7. The lowest BCUT2D eigenvalue weighted by Crippen LogP contribution is -2.43. The van der Waals surface area contributed by atoms with E-state index in [2.05, 4.69) is 5.32 Å². The van der Waals surface area contributed by atoms with E-state index >= 15 is 0 Å². The van der Waals surface area contributed by atoms with Crippen molar-refractivity contribution in [2.45, 2.75) is 25.6 Å². The molecule has 0 saturated carbocycles. The van der Waals surface area contributed by atoms with Gasteiger partial charge < -0.3 is 19.7 Å². The zero-order valence-electron chi connectivity index (χ0n) is 10.2. The molecule has 94 valence electrons. The topological polar surface area (TPSA) is 50.8 Å². The Kier molecular flexibility index (Phi) is 6.37. The fourth-order valence-corrected chi connectivity index (χ4v) is 1.81. The summed E-state index contributed by atoms with van der Waals surface area (Å²) in [5.74, 6) is 0.172. The number of methoxy groups -OCH3 is 2. The van der Waals surface area contributed by atoms with Crippen molar-refractivity contribution in [2.24, 2.45) is 0 Å². The highest BCUT2D eigenvalue weighted by atomic mass is 16.7. The normalized spacial score (nSPS) is 16.8. The lowest BCUT2D eigenvalue weighted by atomic mass is 10.1. The van der Waals surface area contributed by atoms with Crippen LogP contribution in [-0.4, -0.2) is 57.5 Å². The molecule has 0 aliphatic carbocycles. The van der Waals surface area contributed by atoms with E-state index in [9.17, 15) is 4.79 Å². The van der Waals surface area contributed by atoms with E-state index in [-0.39, 0.29) is 12.2 Å². The minimum absolute atomic E-state index is 0.172. The van der Waals surface area contributed by atoms with Gasteiger partial charge in [-0.15, -0.1) is 0 Å². The Hall–Kier alpha value is -0.650. The Balaban J connectivity index is 2.13. The number of hydrogen-bond acceptors (Lipinski definition) is 4. The third-order valence-corrected chi connectivity index (χ3v) is 2.82. The predicted molar refractivity (Wildman–Crippen MR) is 61.1 cm³/mol. The van der Waals surface area contributed by atoms with Gasteiger partial charge in [0.05, 0.1) is 6.54 Å². The van der Waals surface area contributed by atoms with Crippen LogP contribution in [0.4, 0.5) is 0 Å². The average molecular weight is 230 g/mol. The first kappa shape index (κ1) is 13.4. The van der Waals surface area contributed by atoms with E-state index < -0.39 is 0 Å². The summed E-state index contributed by atoms with van der Waals surface area (Å²) in [5, 5.41) is 3.04. The van der Waals surface area contributed by atoms with Crippen molar-refractivity contribution in [1.82, 2.24) is 10.2 Å². The van der Waals surface area contributed by atoms with Crippen LogP contribution in [0.15, 0.2) is 0 Å². The largest absolute Gasteiger partial charge is 0.355 e. The Labute approximate surface area is 97.1 Å². The predicted octanol–water partition coefficient (Wildman–Crippen LogP) is 0.207. The quantitative estimate of drug-likeness (QED) is 0.663. The van der Waals surface area contributed by atoms with Crippen LogP contribution in [0.2, 0.25) is 0 Å². The van der Waals surface area contributed by atoms with E-state index in [0.717, 1.165) is 25.9 Å². The molecule has 0 radical (unpaired) electrons. The molecular formula is C11H22N2O3. The number of piperidine rings is 1. The molecule has 0 aromatic rings. The van der Waals surface area contributed by atoms with E-state index in [1.807, 2.05) is 4.90 Å². The molecule has 1 N–H and O–H groups in total. The molecule has 5 nitrogen and oxygen atoms in total. The molecule has 0 bridgehead atoms. The number of nitrogens with zero attached hydrogens (tertiary/aromatic N) is 1. The first-order valence-electron chi connectivity index (χ1n) is 5.82. The van der Waals surface area contributed by atoms with Crippen molar-refractivity contribution < 1.29 is 14.3 Å². The summed E-state index contributed by atoms with van der Waals surface area (Å²) in [5.41, 5.74) is 0. The van der Waals surface area contributed by atoms with Gasteiger partial charge >= 0.3 is 0 Å². The number of nitrogens with one attached hydrogen (secondary N) is 1. The lowest BCUT2D eigenvalue weighted by Gasteiger charge is -2.27. The molecule has 0 atom stereocenters. The van der Waals surface area contributed by atoms with Crippen LogP contribution in [0.1, 0.15) is 19.3 Å². The second-order valence-electron chi connectivity index (χ2n) is 3.97. The van der Waals surface area contributed by atoms with Gasteiger partial charge in [-0.05, 0) is 19.3 Å². The maximum absolute atomic E-state index is 11.7. The van der Waals surface area contributed by atoms with Crippen LogP contribution < -0.4 is 5.32 Å². The summed E-state index contributed by atoms with van der Waals surface area (Å²) in [6.07, 6.45) is 3.22. The number of amides is 1. The summed E-state index contributed by atoms with van der Waals surface area (Å²) in [7, 11) is 3.17. The number of likely N-dealkylation sites (tertiary alicyclic amines) is 1. The first-order valence-corrected chi connectivity index (χ1v) is 5.82. The molecule has 1 amide bonds. The fourth-order valence-electron chi connectivity index (χ4n) is 1.81. The number of rotatable bonds is 6. The van der Waals surface area contributed by atoms with Gasteiger partial charge in [0.2, 0.25) is 5.91 Å². The third kappa shape index (κ3) is 4.47. The van der Waals surface area contributed by atoms with Gasteiger partial charge in [-0.2, -0.15) is 0 Å². The highest BCUT2D eigenvalue weighted by Gasteiger charge is 2.16. The van der Waals surface area contributed by atoms with Crippen LogP contribution in [0.3, 0.4) is 0 Å². The Morgan fingerprint density at radius 1 is 1.25 bits per heavy atom. The highest BCUT2D eigenvalue weighted by molar-refractivity contribution is 5.78. The number of carbonyl (C=O) groups is 1. The van der Waals surface area contributed by atoms with Crippen molar-refractivity contribution in [3.63, 3.8) is 0 Å². The molecule has 16 heavy (non-hydrogen) atoms. The van der Waals surface area contributed by atoms with E-state index in [1.54, 1.807) is 14.2 Å². The fraction of sp³-hybridized carbons (Fsp3) is 0.909. The molecule has 1 aliphatic heterocycles. The average Bonchev–Trinajstić information content (AvgIpc) is 2.35. The monoisotopic (exact) mass is 230 g/mol. The van der Waals surface area contributed by atoms with Crippen molar-refractivity contribution in [3.8, 4) is 0 Å². The molecule has 0 aromatic carbocycles. The zero-order chi connectivity index (χ0) is 11.8. The smallest absolute Gasteiger partial charge is 0.236 e. The number of ether oxygens (including phenoxy) is 2. The van der Waals surface area contributed by atoms with Gasteiger partial charge in [0.25, 0.3) is 0 Å². The lowest BCUT2D eigenvalue weighted by molar-refractivity contribution is -0.132. The van der Waals surface area contributed by atoms with E-state index in [0.29, 0.717) is 13.1 Å². The Morgan fingerprint density at radius 3 is 2.44 bits per heavy atom. The van der Waals surface area contributed by atoms with Gasteiger partial charge in [0.1, 0.15) is 0 Å². The molecule has 0 aromatic heterocycles. The van der Waals surface area contributed by atoms with Crippen LogP contribution in [0.25, 0.3) is 0 Å². The molecule has 5 heteroatoms. The van der Waals surface area contributed by atoms with E-state index in [1.165, 1.54) is 6.42 Å². The zero-order valence-corrected chi connectivity index (χ0v) is 10.2. The summed E-state index contributed by atoms with van der Waals surface area (Å²) >= 11 is 0. The minimum Gasteiger partial charge on any atom is -0.355 e. The van der Waals surface area contributed by atoms with Crippen molar-refractivity contribution >= 4 is 5.91 Å². The van der Waals surface area contributed by atoms with Gasteiger partial charge in [-0.3, -0.25) is 4.79 Å². The van der Waals surface area contributed by atoms with Crippen LogP contribution >= 0.6 is 0 Å². The maximum atomic E-state index is 11.7. The van der Waals surface area contributed by atoms with Gasteiger partial charge in [0.15, 0.2) is 6.29 Å². The molecule has 1 fully saturated rings. The summed E-state index contributed by atoms with van der Waals surface area (Å²) in [6, 6.07) is 0. The molecule has 1 saturated heterocycles. The van der Waals surface area contributed by atoms with Crippen LogP contribution in [-0.2, 0) is 14.3 Å². The minimum atomic E-state index is -0.283. The Bertz CT molecular complexity index is 201. The van der Waals surface area contributed by atoms with Crippen molar-refractivity contribution in [1.29, 1.82) is 0 Å². The number of carbonyl (C=O) groups excluding carboxylic acids is 1. The molecule has 1 rings (SSSR count). The SMILES string of the molecule is COC(CNCC(=O)N1CCCCC1)OC. The van der Waals surface area contributed by atoms with Crippen molar-refractivity contribution in [2.75, 3.05) is 40.4 Å². The molecule has 0 unspecified atom stereocenters. The Morgan fingerprint density at radius 2 is 1.88 bits per heavy atom. The molecule has 0 spiro atoms. The second kappa shape index (κ2) is 7.60. The van der Waals surface area contributed by atoms with Crippen LogP contribution in [0.5, 0.6) is 0 Å². The van der Waals surface area contributed by atoms with Crippen LogP contribution in [0, 0.1) is 0 Å². The maximum Gasteiger partial charge on any atom is 0.236 e. The van der Waals surface area contributed by atoms with Gasteiger partial charge in [-0.25, -0.2) is 0 Å². The highest BCUT2D eigenvalue weighted by Crippen LogP contribution is 2.08. The van der Waals surface area contributed by atoms with Gasteiger partial charge in [-0.1, -0.05) is 0 Å². The summed E-state index contributed by atoms with van der Waals surface area (Å²) in [6.45, 7) is 2.70. The summed E-state index contributed by atoms with van der Waals surface area (Å²) < 4.78 is 10.0. The number of hydrogen-bond donors (Lipinski definition) is 1. The van der Waals surface area contributed by atoms with E-state index in [4.69, 9.17) is 9.47 Å².